The van der Waals surface area contributed by atoms with Gasteiger partial charge in [-0.3, -0.25) is 15.0 Å². The third-order valence-electron chi connectivity index (χ3n) is 7.70. The van der Waals surface area contributed by atoms with E-state index < -0.39 is 0 Å². The van der Waals surface area contributed by atoms with Crippen molar-refractivity contribution in [2.75, 3.05) is 6.54 Å². The zero-order valence-corrected chi connectivity index (χ0v) is 17.5. The highest BCUT2D eigenvalue weighted by Crippen LogP contribution is 2.55. The van der Waals surface area contributed by atoms with Gasteiger partial charge in [0.2, 0.25) is 5.91 Å². The van der Waals surface area contributed by atoms with Crippen LogP contribution in [0.2, 0.25) is 0 Å². The molecule has 1 aliphatic heterocycles. The van der Waals surface area contributed by atoms with Crippen molar-refractivity contribution in [1.82, 2.24) is 15.5 Å². The van der Waals surface area contributed by atoms with Gasteiger partial charge < -0.3 is 5.32 Å². The number of rotatable bonds is 4. The molecule has 3 amide bonds. The smallest absolute Gasteiger partial charge is 0.321 e. The summed E-state index contributed by atoms with van der Waals surface area (Å²) in [4.78, 5) is 29.1. The first kappa shape index (κ1) is 18.6. The van der Waals surface area contributed by atoms with E-state index in [1.807, 2.05) is 6.92 Å². The highest BCUT2D eigenvalue weighted by Gasteiger charge is 2.51. The van der Waals surface area contributed by atoms with Crippen LogP contribution >= 0.6 is 11.3 Å². The number of urea groups is 1. The summed E-state index contributed by atoms with van der Waals surface area (Å²) in [5, 5.41) is 8.02. The van der Waals surface area contributed by atoms with Crippen molar-refractivity contribution in [3.05, 3.63) is 22.4 Å². The summed E-state index contributed by atoms with van der Waals surface area (Å²) in [5.41, 5.74) is -0.0600. The minimum Gasteiger partial charge on any atom is -0.332 e. The third-order valence-corrected chi connectivity index (χ3v) is 8.67. The Morgan fingerprint density at radius 1 is 1.18 bits per heavy atom. The van der Waals surface area contributed by atoms with E-state index in [-0.39, 0.29) is 23.5 Å². The first-order valence-corrected chi connectivity index (χ1v) is 11.8. The molecule has 4 aliphatic carbocycles. The molecule has 4 bridgehead atoms. The molecule has 5 fully saturated rings. The summed E-state index contributed by atoms with van der Waals surface area (Å²) < 4.78 is 0. The molecule has 2 heterocycles. The van der Waals surface area contributed by atoms with Crippen molar-refractivity contribution >= 4 is 23.3 Å². The number of nitrogens with zero attached hydrogens (tertiary/aromatic N) is 1. The quantitative estimate of drug-likeness (QED) is 0.799. The largest absolute Gasteiger partial charge is 0.332 e. The lowest BCUT2D eigenvalue weighted by atomic mass is 9.53. The number of carbonyl (C=O) groups is 2. The monoisotopic (exact) mass is 401 g/mol. The van der Waals surface area contributed by atoms with Crippen LogP contribution in [0.1, 0.15) is 69.2 Å². The van der Waals surface area contributed by atoms with Crippen LogP contribution in [0, 0.1) is 17.8 Å². The molecule has 152 valence electrons. The number of imide groups is 1. The van der Waals surface area contributed by atoms with E-state index in [1.54, 1.807) is 11.3 Å². The minimum atomic E-state index is -0.295. The van der Waals surface area contributed by atoms with Gasteiger partial charge in [0.15, 0.2) is 0 Å². The molecule has 0 aromatic carbocycles. The number of amides is 3. The SMILES string of the molecule is CC(C(=O)NC(=O)NC12CC3CC(CC(C3)C1)C2)N1CCCC1c1cccs1. The number of carbonyl (C=O) groups excluding carboxylic acids is 2. The lowest BCUT2D eigenvalue weighted by Gasteiger charge is -2.56. The fourth-order valence-electron chi connectivity index (χ4n) is 6.94. The lowest BCUT2D eigenvalue weighted by Crippen LogP contribution is -2.62. The number of nitrogens with one attached hydrogen (secondary N) is 2. The summed E-state index contributed by atoms with van der Waals surface area (Å²) >= 11 is 1.75. The van der Waals surface area contributed by atoms with Crippen LogP contribution in [0.25, 0.3) is 0 Å². The van der Waals surface area contributed by atoms with E-state index in [2.05, 4.69) is 33.0 Å². The maximum Gasteiger partial charge on any atom is 0.321 e. The Morgan fingerprint density at radius 3 is 2.46 bits per heavy atom. The molecule has 28 heavy (non-hydrogen) atoms. The van der Waals surface area contributed by atoms with Gasteiger partial charge in [-0.1, -0.05) is 6.07 Å². The molecule has 2 unspecified atom stereocenters. The average Bonchev–Trinajstić information content (AvgIpc) is 3.30. The predicted molar refractivity (Wildman–Crippen MR) is 110 cm³/mol. The third kappa shape index (κ3) is 3.39. The predicted octanol–water partition coefficient (Wildman–Crippen LogP) is 4.07. The van der Waals surface area contributed by atoms with Crippen LogP contribution < -0.4 is 10.6 Å². The molecule has 1 saturated heterocycles. The standard InChI is InChI=1S/C22H31N3O2S/c1-14(25-6-2-4-18(25)19-5-3-7-28-19)20(26)23-21(27)24-22-11-15-8-16(12-22)10-17(9-15)13-22/h3,5,7,14-18H,2,4,6,8-13H2,1H3,(H2,23,24,26,27). The van der Waals surface area contributed by atoms with Gasteiger partial charge in [0.25, 0.3) is 0 Å². The second kappa shape index (κ2) is 7.13. The molecule has 6 rings (SSSR count). The Hall–Kier alpha value is -1.40. The van der Waals surface area contributed by atoms with Gasteiger partial charge in [0.05, 0.1) is 6.04 Å². The summed E-state index contributed by atoms with van der Waals surface area (Å²) in [6, 6.07) is 3.94. The highest BCUT2D eigenvalue weighted by atomic mass is 32.1. The van der Waals surface area contributed by atoms with E-state index in [0.29, 0.717) is 6.04 Å². The van der Waals surface area contributed by atoms with Crippen molar-refractivity contribution in [2.24, 2.45) is 17.8 Å². The fraction of sp³-hybridized carbons (Fsp3) is 0.727. The molecule has 5 aliphatic rings. The van der Waals surface area contributed by atoms with Crippen molar-refractivity contribution in [3.8, 4) is 0 Å². The summed E-state index contributed by atoms with van der Waals surface area (Å²) in [7, 11) is 0. The Balaban J connectivity index is 1.20. The van der Waals surface area contributed by atoms with Gasteiger partial charge in [-0.05, 0) is 94.0 Å². The second-order valence-corrected chi connectivity index (χ2v) is 10.7. The maximum atomic E-state index is 12.8. The Kier molecular flexibility index (Phi) is 4.74. The number of likely N-dealkylation sites (tertiary alicyclic amines) is 1. The van der Waals surface area contributed by atoms with Gasteiger partial charge in [0.1, 0.15) is 0 Å². The molecule has 0 radical (unpaired) electrons. The molecule has 2 N–H and O–H groups in total. The lowest BCUT2D eigenvalue weighted by molar-refractivity contribution is -0.125. The van der Waals surface area contributed by atoms with Gasteiger partial charge in [-0.15, -0.1) is 11.3 Å². The molecule has 1 aromatic heterocycles. The van der Waals surface area contributed by atoms with Crippen LogP contribution in [0.15, 0.2) is 17.5 Å². The van der Waals surface area contributed by atoms with E-state index in [9.17, 15) is 9.59 Å². The fourth-order valence-corrected chi connectivity index (χ4v) is 7.82. The zero-order valence-electron chi connectivity index (χ0n) is 16.7. The molecular formula is C22H31N3O2S. The zero-order chi connectivity index (χ0) is 19.3. The average molecular weight is 402 g/mol. The molecule has 0 spiro atoms. The van der Waals surface area contributed by atoms with Crippen molar-refractivity contribution < 1.29 is 9.59 Å². The van der Waals surface area contributed by atoms with E-state index in [0.717, 1.165) is 56.4 Å². The number of hydrogen-bond donors (Lipinski definition) is 2. The second-order valence-electron chi connectivity index (χ2n) is 9.73. The molecule has 4 saturated carbocycles. The van der Waals surface area contributed by atoms with E-state index >= 15 is 0 Å². The van der Waals surface area contributed by atoms with E-state index in [4.69, 9.17) is 0 Å². The van der Waals surface area contributed by atoms with Crippen LogP contribution in [0.4, 0.5) is 4.79 Å². The molecule has 6 heteroatoms. The van der Waals surface area contributed by atoms with Crippen molar-refractivity contribution in [1.29, 1.82) is 0 Å². The Bertz CT molecular complexity index is 712. The normalized spacial score (nSPS) is 37.8. The molecule has 2 atom stereocenters. The van der Waals surface area contributed by atoms with Crippen LogP contribution in [0.3, 0.4) is 0 Å². The molecule has 5 nitrogen and oxygen atoms in total. The van der Waals surface area contributed by atoms with Gasteiger partial charge in [0, 0.05) is 16.5 Å². The van der Waals surface area contributed by atoms with Gasteiger partial charge in [-0.2, -0.15) is 0 Å². The van der Waals surface area contributed by atoms with Crippen LogP contribution in [-0.4, -0.2) is 35.0 Å². The Morgan fingerprint density at radius 2 is 1.86 bits per heavy atom. The summed E-state index contributed by atoms with van der Waals surface area (Å²) in [5.74, 6) is 2.15. The number of hydrogen-bond acceptors (Lipinski definition) is 4. The van der Waals surface area contributed by atoms with Crippen molar-refractivity contribution in [3.63, 3.8) is 0 Å². The summed E-state index contributed by atoms with van der Waals surface area (Å²) in [6.07, 6.45) is 9.51. The minimum absolute atomic E-state index is 0.0600. The van der Waals surface area contributed by atoms with Gasteiger partial charge >= 0.3 is 6.03 Å². The van der Waals surface area contributed by atoms with Crippen LogP contribution in [-0.2, 0) is 4.79 Å². The first-order chi connectivity index (χ1) is 13.5. The van der Waals surface area contributed by atoms with Gasteiger partial charge in [-0.25, -0.2) is 4.79 Å². The maximum absolute atomic E-state index is 12.8. The molecule has 1 aromatic rings. The molecular weight excluding hydrogens is 370 g/mol. The summed E-state index contributed by atoms with van der Waals surface area (Å²) in [6.45, 7) is 2.84. The Labute approximate surface area is 171 Å². The topological polar surface area (TPSA) is 61.4 Å². The first-order valence-electron chi connectivity index (χ1n) is 10.9. The highest BCUT2D eigenvalue weighted by molar-refractivity contribution is 7.10. The number of thiophene rings is 1. The van der Waals surface area contributed by atoms with E-state index in [1.165, 1.54) is 24.1 Å². The van der Waals surface area contributed by atoms with Crippen LogP contribution in [0.5, 0.6) is 0 Å². The van der Waals surface area contributed by atoms with Crippen molar-refractivity contribution in [2.45, 2.75) is 75.9 Å².